The van der Waals surface area contributed by atoms with Crippen LogP contribution in [0.3, 0.4) is 0 Å². The zero-order chi connectivity index (χ0) is 16.2. The predicted molar refractivity (Wildman–Crippen MR) is 81.7 cm³/mol. The Morgan fingerprint density at radius 1 is 1.22 bits per heavy atom. The van der Waals surface area contributed by atoms with Crippen LogP contribution in [-0.4, -0.2) is 26.1 Å². The minimum Gasteiger partial charge on any atom is -0.345 e. The Balaban J connectivity index is 1.73. The van der Waals surface area contributed by atoms with Crippen molar-refractivity contribution < 1.29 is 9.18 Å². The van der Waals surface area contributed by atoms with E-state index in [1.54, 1.807) is 36.4 Å². The first-order chi connectivity index (χ1) is 11.1. The van der Waals surface area contributed by atoms with E-state index in [1.807, 2.05) is 0 Å². The van der Waals surface area contributed by atoms with Gasteiger partial charge in [-0.2, -0.15) is 4.68 Å². The van der Waals surface area contributed by atoms with Crippen molar-refractivity contribution in [1.29, 1.82) is 0 Å². The molecule has 0 aliphatic carbocycles. The van der Waals surface area contributed by atoms with E-state index in [0.717, 1.165) is 0 Å². The largest absolute Gasteiger partial charge is 0.345 e. The molecule has 0 atom stereocenters. The zero-order valence-electron chi connectivity index (χ0n) is 11.8. The second-order valence-corrected chi connectivity index (χ2v) is 5.11. The van der Waals surface area contributed by atoms with E-state index in [-0.39, 0.29) is 18.3 Å². The molecule has 0 bridgehead atoms. The fourth-order valence-corrected chi connectivity index (χ4v) is 2.18. The lowest BCUT2D eigenvalue weighted by Gasteiger charge is -2.06. The number of hydrogen-bond acceptors (Lipinski definition) is 4. The Bertz CT molecular complexity index is 834. The molecule has 0 aliphatic heterocycles. The minimum absolute atomic E-state index is 0.121. The summed E-state index contributed by atoms with van der Waals surface area (Å²) in [6, 6.07) is 12.3. The van der Waals surface area contributed by atoms with Gasteiger partial charge < -0.3 is 5.32 Å². The smallest absolute Gasteiger partial charge is 0.251 e. The molecular weight excluding hydrogens is 321 g/mol. The number of benzene rings is 2. The van der Waals surface area contributed by atoms with Crippen molar-refractivity contribution >= 4 is 17.5 Å². The van der Waals surface area contributed by atoms with Crippen molar-refractivity contribution in [1.82, 2.24) is 25.5 Å². The van der Waals surface area contributed by atoms with Crippen LogP contribution in [0.4, 0.5) is 4.39 Å². The Labute approximate surface area is 135 Å². The number of nitrogens with zero attached hydrogens (tertiary/aromatic N) is 4. The van der Waals surface area contributed by atoms with E-state index in [2.05, 4.69) is 20.8 Å². The quantitative estimate of drug-likeness (QED) is 0.796. The summed E-state index contributed by atoms with van der Waals surface area (Å²) >= 11 is 5.86. The first kappa shape index (κ1) is 15.1. The number of halogens is 2. The second kappa shape index (κ2) is 6.53. The summed E-state index contributed by atoms with van der Waals surface area (Å²) in [5, 5.41) is 14.5. The highest BCUT2D eigenvalue weighted by Crippen LogP contribution is 2.11. The van der Waals surface area contributed by atoms with Gasteiger partial charge >= 0.3 is 0 Å². The van der Waals surface area contributed by atoms with E-state index in [9.17, 15) is 9.18 Å². The van der Waals surface area contributed by atoms with Gasteiger partial charge in [0.15, 0.2) is 5.82 Å². The van der Waals surface area contributed by atoms with Crippen LogP contribution < -0.4 is 5.32 Å². The standard InChI is InChI=1S/C15H11ClFN5O/c16-11-3-1-2-10(8-11)15(23)18-9-14-19-20-21-22(14)13-6-4-12(17)5-7-13/h1-8H,9H2,(H,18,23). The Morgan fingerprint density at radius 3 is 2.74 bits per heavy atom. The normalized spacial score (nSPS) is 10.5. The second-order valence-electron chi connectivity index (χ2n) is 4.68. The van der Waals surface area contributed by atoms with Crippen LogP contribution in [0.1, 0.15) is 16.2 Å². The molecule has 6 nitrogen and oxygen atoms in total. The summed E-state index contributed by atoms with van der Waals surface area (Å²) in [6.45, 7) is 0.121. The summed E-state index contributed by atoms with van der Waals surface area (Å²) in [4.78, 5) is 12.1. The molecular formula is C15H11ClFN5O. The predicted octanol–water partition coefficient (Wildman–Crippen LogP) is 2.38. The number of aromatic nitrogens is 4. The van der Waals surface area contributed by atoms with Gasteiger partial charge in [-0.25, -0.2) is 4.39 Å². The number of nitrogens with one attached hydrogen (secondary N) is 1. The molecule has 116 valence electrons. The number of amides is 1. The Kier molecular flexibility index (Phi) is 4.29. The molecule has 2 aromatic carbocycles. The van der Waals surface area contributed by atoms with Crippen LogP contribution in [0.2, 0.25) is 5.02 Å². The maximum atomic E-state index is 13.0. The first-order valence-corrected chi connectivity index (χ1v) is 7.08. The number of tetrazole rings is 1. The van der Waals surface area contributed by atoms with Crippen LogP contribution in [0, 0.1) is 5.82 Å². The van der Waals surface area contributed by atoms with Gasteiger partial charge in [0.05, 0.1) is 12.2 Å². The lowest BCUT2D eigenvalue weighted by molar-refractivity contribution is 0.0949. The topological polar surface area (TPSA) is 72.7 Å². The summed E-state index contributed by atoms with van der Waals surface area (Å²) in [6.07, 6.45) is 0. The summed E-state index contributed by atoms with van der Waals surface area (Å²) < 4.78 is 14.4. The van der Waals surface area contributed by atoms with Crippen molar-refractivity contribution in [2.24, 2.45) is 0 Å². The third kappa shape index (κ3) is 3.51. The van der Waals surface area contributed by atoms with Gasteiger partial charge in [0.2, 0.25) is 0 Å². The highest BCUT2D eigenvalue weighted by atomic mass is 35.5. The molecule has 0 unspecified atom stereocenters. The summed E-state index contributed by atoms with van der Waals surface area (Å²) in [5.74, 6) is -0.217. The molecule has 23 heavy (non-hydrogen) atoms. The number of hydrogen-bond donors (Lipinski definition) is 1. The summed E-state index contributed by atoms with van der Waals surface area (Å²) in [7, 11) is 0. The average Bonchev–Trinajstić information content (AvgIpc) is 3.02. The van der Waals surface area contributed by atoms with Crippen LogP contribution in [0.5, 0.6) is 0 Å². The third-order valence-corrected chi connectivity index (χ3v) is 3.33. The fourth-order valence-electron chi connectivity index (χ4n) is 1.99. The zero-order valence-corrected chi connectivity index (χ0v) is 12.5. The van der Waals surface area contributed by atoms with E-state index >= 15 is 0 Å². The molecule has 3 rings (SSSR count). The molecule has 3 aromatic rings. The molecule has 0 saturated carbocycles. The lowest BCUT2D eigenvalue weighted by Crippen LogP contribution is -2.24. The monoisotopic (exact) mass is 331 g/mol. The van der Waals surface area contributed by atoms with Crippen molar-refractivity contribution in [2.75, 3.05) is 0 Å². The molecule has 0 fully saturated rings. The highest BCUT2D eigenvalue weighted by molar-refractivity contribution is 6.30. The maximum Gasteiger partial charge on any atom is 0.251 e. The van der Waals surface area contributed by atoms with Crippen molar-refractivity contribution in [3.8, 4) is 5.69 Å². The molecule has 1 heterocycles. The Hall–Kier alpha value is -2.80. The van der Waals surface area contributed by atoms with Gasteiger partial charge in [0, 0.05) is 10.6 Å². The van der Waals surface area contributed by atoms with Gasteiger partial charge in [0.1, 0.15) is 5.82 Å². The van der Waals surface area contributed by atoms with E-state index in [1.165, 1.54) is 16.8 Å². The molecule has 0 aliphatic rings. The van der Waals surface area contributed by atoms with Gasteiger partial charge in [-0.1, -0.05) is 17.7 Å². The van der Waals surface area contributed by atoms with Gasteiger partial charge in [-0.15, -0.1) is 5.10 Å². The molecule has 1 N–H and O–H groups in total. The van der Waals surface area contributed by atoms with Crippen molar-refractivity contribution in [2.45, 2.75) is 6.54 Å². The molecule has 8 heteroatoms. The van der Waals surface area contributed by atoms with Gasteiger partial charge in [0.25, 0.3) is 5.91 Å². The first-order valence-electron chi connectivity index (χ1n) is 6.70. The SMILES string of the molecule is O=C(NCc1nnnn1-c1ccc(F)cc1)c1cccc(Cl)c1. The van der Waals surface area contributed by atoms with Crippen LogP contribution >= 0.6 is 11.6 Å². The van der Waals surface area contributed by atoms with Crippen LogP contribution in [0.15, 0.2) is 48.5 Å². The van der Waals surface area contributed by atoms with Crippen molar-refractivity contribution in [3.05, 3.63) is 70.8 Å². The molecule has 0 saturated heterocycles. The Morgan fingerprint density at radius 2 is 2.00 bits per heavy atom. The summed E-state index contributed by atoms with van der Waals surface area (Å²) in [5.41, 5.74) is 1.04. The average molecular weight is 332 g/mol. The minimum atomic E-state index is -0.349. The number of carbonyl (C=O) groups excluding carboxylic acids is 1. The van der Waals surface area contributed by atoms with E-state index in [0.29, 0.717) is 22.1 Å². The lowest BCUT2D eigenvalue weighted by atomic mass is 10.2. The van der Waals surface area contributed by atoms with Crippen LogP contribution in [-0.2, 0) is 6.54 Å². The van der Waals surface area contributed by atoms with E-state index in [4.69, 9.17) is 11.6 Å². The molecule has 1 aromatic heterocycles. The third-order valence-electron chi connectivity index (χ3n) is 3.10. The molecule has 0 spiro atoms. The fraction of sp³-hybridized carbons (Fsp3) is 0.0667. The maximum absolute atomic E-state index is 13.0. The molecule has 0 radical (unpaired) electrons. The molecule has 1 amide bonds. The highest BCUT2D eigenvalue weighted by Gasteiger charge is 2.11. The van der Waals surface area contributed by atoms with Gasteiger partial charge in [-0.3, -0.25) is 4.79 Å². The van der Waals surface area contributed by atoms with Gasteiger partial charge in [-0.05, 0) is 52.9 Å². The van der Waals surface area contributed by atoms with Crippen LogP contribution in [0.25, 0.3) is 5.69 Å². The number of rotatable bonds is 4. The van der Waals surface area contributed by atoms with Crippen molar-refractivity contribution in [3.63, 3.8) is 0 Å². The van der Waals surface area contributed by atoms with E-state index < -0.39 is 0 Å². The number of carbonyl (C=O) groups is 1.